The molecule has 0 aliphatic carbocycles. The Morgan fingerprint density at radius 3 is 2.32 bits per heavy atom. The number of nitrogens with two attached hydrogens (primary N) is 1. The third-order valence-corrected chi connectivity index (χ3v) is 2.31. The van der Waals surface area contributed by atoms with Crippen molar-refractivity contribution in [2.75, 3.05) is 0 Å². The molecule has 0 aromatic heterocycles. The third kappa shape index (κ3) is 5.90. The van der Waals surface area contributed by atoms with Crippen LogP contribution in [-0.2, 0) is 9.53 Å². The van der Waals surface area contributed by atoms with Gasteiger partial charge in [0, 0.05) is 5.54 Å². The van der Waals surface area contributed by atoms with Gasteiger partial charge in [-0.1, -0.05) is 30.3 Å². The van der Waals surface area contributed by atoms with E-state index in [-0.39, 0.29) is 17.9 Å². The molecule has 0 spiro atoms. The van der Waals surface area contributed by atoms with E-state index < -0.39 is 12.2 Å². The molecule has 0 aliphatic heterocycles. The summed E-state index contributed by atoms with van der Waals surface area (Å²) in [6, 6.07) is 9.05. The van der Waals surface area contributed by atoms with Gasteiger partial charge < -0.3 is 15.8 Å². The summed E-state index contributed by atoms with van der Waals surface area (Å²) in [5.74, 6) is -0.192. The maximum atomic E-state index is 11.9. The van der Waals surface area contributed by atoms with Gasteiger partial charge in [0.1, 0.15) is 6.10 Å². The standard InChI is InChI=1S/C14H20N2O3/c1-14(2,3)16-12(17)9-11(19-13(15)18)10-7-5-4-6-8-10/h4-8,11H,9H2,1-3H3,(H2,15,18)(H,16,17)/t11-/m0/s1. The molecule has 0 aliphatic rings. The molecule has 1 aromatic carbocycles. The number of nitrogens with one attached hydrogen (secondary N) is 1. The molecule has 104 valence electrons. The van der Waals surface area contributed by atoms with Gasteiger partial charge in [0.2, 0.25) is 5.91 Å². The number of hydrogen-bond acceptors (Lipinski definition) is 3. The summed E-state index contributed by atoms with van der Waals surface area (Å²) < 4.78 is 5.00. The zero-order chi connectivity index (χ0) is 14.5. The van der Waals surface area contributed by atoms with Crippen molar-refractivity contribution in [3.05, 3.63) is 35.9 Å². The Hall–Kier alpha value is -2.04. The van der Waals surface area contributed by atoms with Crippen molar-refractivity contribution < 1.29 is 14.3 Å². The lowest BCUT2D eigenvalue weighted by Gasteiger charge is -2.23. The predicted molar refractivity (Wildman–Crippen MR) is 72.4 cm³/mol. The first-order chi connectivity index (χ1) is 8.78. The average molecular weight is 264 g/mol. The van der Waals surface area contributed by atoms with E-state index in [0.717, 1.165) is 5.56 Å². The highest BCUT2D eigenvalue weighted by molar-refractivity contribution is 5.78. The lowest BCUT2D eigenvalue weighted by atomic mass is 10.0. The SMILES string of the molecule is CC(C)(C)NC(=O)C[C@H](OC(N)=O)c1ccccc1. The number of ether oxygens (including phenoxy) is 1. The molecular weight excluding hydrogens is 244 g/mol. The van der Waals surface area contributed by atoms with Crippen molar-refractivity contribution in [2.24, 2.45) is 5.73 Å². The topological polar surface area (TPSA) is 81.4 Å². The Kier molecular flexibility index (Phi) is 4.92. The molecule has 1 atom stereocenters. The number of primary amides is 1. The lowest BCUT2D eigenvalue weighted by molar-refractivity contribution is -0.124. The normalized spacial score (nSPS) is 12.6. The second-order valence-corrected chi connectivity index (χ2v) is 5.34. The van der Waals surface area contributed by atoms with Crippen molar-refractivity contribution in [3.63, 3.8) is 0 Å². The van der Waals surface area contributed by atoms with Gasteiger partial charge in [-0.05, 0) is 26.3 Å². The molecule has 5 heteroatoms. The molecule has 0 unspecified atom stereocenters. The minimum atomic E-state index is -0.891. The minimum Gasteiger partial charge on any atom is -0.441 e. The van der Waals surface area contributed by atoms with Gasteiger partial charge in [-0.15, -0.1) is 0 Å². The summed E-state index contributed by atoms with van der Waals surface area (Å²) in [4.78, 5) is 22.8. The van der Waals surface area contributed by atoms with Crippen LogP contribution in [0.5, 0.6) is 0 Å². The molecule has 19 heavy (non-hydrogen) atoms. The predicted octanol–water partition coefficient (Wildman–Crippen LogP) is 2.13. The number of amides is 2. The van der Waals surface area contributed by atoms with Crippen LogP contribution in [-0.4, -0.2) is 17.5 Å². The van der Waals surface area contributed by atoms with Gasteiger partial charge in [0.15, 0.2) is 0 Å². The first kappa shape index (κ1) is 15.0. The average Bonchev–Trinajstić information content (AvgIpc) is 2.26. The largest absolute Gasteiger partial charge is 0.441 e. The van der Waals surface area contributed by atoms with E-state index in [1.807, 2.05) is 39.0 Å². The fourth-order valence-electron chi connectivity index (χ4n) is 1.67. The van der Waals surface area contributed by atoms with E-state index >= 15 is 0 Å². The Morgan fingerprint density at radius 2 is 1.84 bits per heavy atom. The summed E-state index contributed by atoms with van der Waals surface area (Å²) in [6.07, 6.45) is -1.51. The Balaban J connectivity index is 2.76. The number of rotatable bonds is 4. The highest BCUT2D eigenvalue weighted by Crippen LogP contribution is 2.21. The van der Waals surface area contributed by atoms with Crippen molar-refractivity contribution in [1.29, 1.82) is 0 Å². The van der Waals surface area contributed by atoms with Crippen LogP contribution < -0.4 is 11.1 Å². The first-order valence-corrected chi connectivity index (χ1v) is 6.10. The summed E-state index contributed by atoms with van der Waals surface area (Å²) in [5.41, 5.74) is 5.45. The third-order valence-electron chi connectivity index (χ3n) is 2.31. The maximum Gasteiger partial charge on any atom is 0.405 e. The molecule has 2 amide bonds. The molecule has 5 nitrogen and oxygen atoms in total. The Morgan fingerprint density at radius 1 is 1.26 bits per heavy atom. The van der Waals surface area contributed by atoms with Crippen LogP contribution in [0.4, 0.5) is 4.79 Å². The quantitative estimate of drug-likeness (QED) is 0.874. The second-order valence-electron chi connectivity index (χ2n) is 5.34. The van der Waals surface area contributed by atoms with Crippen LogP contribution in [0.2, 0.25) is 0 Å². The molecular formula is C14H20N2O3. The van der Waals surface area contributed by atoms with Crippen molar-refractivity contribution in [1.82, 2.24) is 5.32 Å². The van der Waals surface area contributed by atoms with Gasteiger partial charge in [-0.25, -0.2) is 4.79 Å². The van der Waals surface area contributed by atoms with Crippen molar-refractivity contribution in [2.45, 2.75) is 38.8 Å². The number of carbonyl (C=O) groups excluding carboxylic acids is 2. The summed E-state index contributed by atoms with van der Waals surface area (Å²) in [6.45, 7) is 5.66. The number of benzene rings is 1. The van der Waals surface area contributed by atoms with Crippen LogP contribution in [0, 0.1) is 0 Å². The van der Waals surface area contributed by atoms with E-state index in [2.05, 4.69) is 5.32 Å². The van der Waals surface area contributed by atoms with Gasteiger partial charge >= 0.3 is 6.09 Å². The first-order valence-electron chi connectivity index (χ1n) is 6.10. The van der Waals surface area contributed by atoms with Gasteiger partial charge in [-0.3, -0.25) is 4.79 Å². The van der Waals surface area contributed by atoms with Gasteiger partial charge in [0.05, 0.1) is 6.42 Å². The zero-order valence-electron chi connectivity index (χ0n) is 11.5. The van der Waals surface area contributed by atoms with Crippen molar-refractivity contribution in [3.8, 4) is 0 Å². The molecule has 0 heterocycles. The maximum absolute atomic E-state index is 11.9. The Labute approximate surface area is 113 Å². The molecule has 0 saturated heterocycles. The molecule has 0 bridgehead atoms. The molecule has 1 aromatic rings. The van der Waals surface area contributed by atoms with E-state index in [0.29, 0.717) is 0 Å². The Bertz CT molecular complexity index is 438. The fourth-order valence-corrected chi connectivity index (χ4v) is 1.67. The molecule has 1 rings (SSSR count). The van der Waals surface area contributed by atoms with E-state index in [4.69, 9.17) is 10.5 Å². The van der Waals surface area contributed by atoms with E-state index in [1.54, 1.807) is 12.1 Å². The van der Waals surface area contributed by atoms with Gasteiger partial charge in [-0.2, -0.15) is 0 Å². The van der Waals surface area contributed by atoms with Crippen LogP contribution in [0.1, 0.15) is 38.9 Å². The monoisotopic (exact) mass is 264 g/mol. The summed E-state index contributed by atoms with van der Waals surface area (Å²) in [5, 5.41) is 2.82. The second kappa shape index (κ2) is 6.22. The van der Waals surface area contributed by atoms with Crippen LogP contribution in [0.15, 0.2) is 30.3 Å². The molecule has 0 radical (unpaired) electrons. The van der Waals surface area contributed by atoms with Crippen LogP contribution in [0.3, 0.4) is 0 Å². The molecule has 3 N–H and O–H groups in total. The molecule has 0 fully saturated rings. The summed E-state index contributed by atoms with van der Waals surface area (Å²) >= 11 is 0. The minimum absolute atomic E-state index is 0.0459. The van der Waals surface area contributed by atoms with Gasteiger partial charge in [0.25, 0.3) is 0 Å². The lowest BCUT2D eigenvalue weighted by Crippen LogP contribution is -2.41. The van der Waals surface area contributed by atoms with Crippen LogP contribution >= 0.6 is 0 Å². The number of hydrogen-bond donors (Lipinski definition) is 2. The zero-order valence-corrected chi connectivity index (χ0v) is 11.5. The fraction of sp³-hybridized carbons (Fsp3) is 0.429. The van der Waals surface area contributed by atoms with Crippen molar-refractivity contribution >= 4 is 12.0 Å². The van der Waals surface area contributed by atoms with E-state index in [1.165, 1.54) is 0 Å². The van der Waals surface area contributed by atoms with Crippen LogP contribution in [0.25, 0.3) is 0 Å². The number of carbonyl (C=O) groups is 2. The highest BCUT2D eigenvalue weighted by atomic mass is 16.6. The molecule has 0 saturated carbocycles. The highest BCUT2D eigenvalue weighted by Gasteiger charge is 2.22. The summed E-state index contributed by atoms with van der Waals surface area (Å²) in [7, 11) is 0. The van der Waals surface area contributed by atoms with E-state index in [9.17, 15) is 9.59 Å². The smallest absolute Gasteiger partial charge is 0.405 e.